The molecule has 0 radical (unpaired) electrons. The van der Waals surface area contributed by atoms with Crippen LogP contribution in [0.15, 0.2) is 138 Å². The number of aromatic hydroxyl groups is 1. The second-order valence-electron chi connectivity index (χ2n) is 17.3. The number of carbonyl (C=O) groups is 1. The highest BCUT2D eigenvalue weighted by molar-refractivity contribution is 5.87. The second-order valence-corrected chi connectivity index (χ2v) is 17.3. The van der Waals surface area contributed by atoms with Gasteiger partial charge in [0.15, 0.2) is 6.10 Å². The predicted octanol–water partition coefficient (Wildman–Crippen LogP) is 9.77. The van der Waals surface area contributed by atoms with Crippen LogP contribution in [0.5, 0.6) is 23.0 Å². The van der Waals surface area contributed by atoms with E-state index in [4.69, 9.17) is 18.9 Å². The summed E-state index contributed by atoms with van der Waals surface area (Å²) >= 11 is 0. The molecule has 3 saturated heterocycles. The first kappa shape index (κ1) is 44.3. The average Bonchev–Trinajstić information content (AvgIpc) is 3.32. The average molecular weight is 867 g/mol. The number of H-pyrrole nitrogens is 1. The predicted molar refractivity (Wildman–Crippen MR) is 248 cm³/mol. The van der Waals surface area contributed by atoms with E-state index in [1.807, 2.05) is 109 Å². The number of fused-ring (bicyclic) bond motifs is 4. The molecule has 11 heteroatoms. The molecule has 3 aliphatic rings. The second kappa shape index (κ2) is 21.4. The lowest BCUT2D eigenvalue weighted by Gasteiger charge is -2.51. The summed E-state index contributed by atoms with van der Waals surface area (Å²) in [6.45, 7) is 5.48. The van der Waals surface area contributed by atoms with Crippen molar-refractivity contribution in [2.75, 3.05) is 39.4 Å². The van der Waals surface area contributed by atoms with Crippen LogP contribution in [0.1, 0.15) is 85.8 Å². The summed E-state index contributed by atoms with van der Waals surface area (Å²) in [5, 5.41) is 24.9. The van der Waals surface area contributed by atoms with Crippen molar-refractivity contribution in [1.29, 1.82) is 0 Å². The summed E-state index contributed by atoms with van der Waals surface area (Å²) in [5.41, 5.74) is 3.60. The summed E-state index contributed by atoms with van der Waals surface area (Å²) < 4.78 is 25.7. The molecular formula is C53H60N3O8+. The van der Waals surface area contributed by atoms with Crippen LogP contribution in [0.2, 0.25) is 0 Å². The van der Waals surface area contributed by atoms with Crippen LogP contribution in [0.25, 0.3) is 10.9 Å². The lowest BCUT2D eigenvalue weighted by molar-refractivity contribution is -0.946. The van der Waals surface area contributed by atoms with Crippen molar-refractivity contribution in [3.05, 3.63) is 166 Å². The molecule has 5 aromatic carbocycles. The Bertz CT molecular complexity index is 2490. The third-order valence-corrected chi connectivity index (χ3v) is 12.9. The number of piperidine rings is 3. The van der Waals surface area contributed by atoms with Crippen molar-refractivity contribution in [3.63, 3.8) is 0 Å². The minimum atomic E-state index is -0.677. The van der Waals surface area contributed by atoms with Gasteiger partial charge in [0.05, 0.1) is 37.4 Å². The zero-order valence-corrected chi connectivity index (χ0v) is 36.4. The fourth-order valence-electron chi connectivity index (χ4n) is 9.38. The number of unbranched alkanes of at least 4 members (excludes halogenated alkanes) is 4. The number of aromatic nitrogens is 1. The highest BCUT2D eigenvalue weighted by atomic mass is 16.6. The third kappa shape index (κ3) is 11.6. The number of hydrogen-bond donors (Lipinski definition) is 4. The van der Waals surface area contributed by atoms with Gasteiger partial charge in [0.25, 0.3) is 0 Å². The largest absolute Gasteiger partial charge is 0.506 e. The van der Waals surface area contributed by atoms with E-state index < -0.39 is 18.2 Å². The molecule has 0 aliphatic carbocycles. The van der Waals surface area contributed by atoms with Crippen LogP contribution < -0.4 is 25.1 Å². The number of pyridine rings is 1. The van der Waals surface area contributed by atoms with Gasteiger partial charge in [0.1, 0.15) is 49.3 Å². The van der Waals surface area contributed by atoms with Gasteiger partial charge in [-0.2, -0.15) is 0 Å². The quantitative estimate of drug-likeness (QED) is 0.0415. The molecule has 3 fully saturated rings. The monoisotopic (exact) mass is 866 g/mol. The number of benzene rings is 5. The number of amides is 1. The van der Waals surface area contributed by atoms with Crippen LogP contribution in [-0.2, 0) is 11.3 Å². The topological polar surface area (TPSA) is 139 Å². The summed E-state index contributed by atoms with van der Waals surface area (Å²) in [4.78, 5) is 28.1. The van der Waals surface area contributed by atoms with E-state index in [1.165, 1.54) is 12.1 Å². The van der Waals surface area contributed by atoms with E-state index in [1.54, 1.807) is 12.1 Å². The molecule has 64 heavy (non-hydrogen) atoms. The van der Waals surface area contributed by atoms with Gasteiger partial charge in [0, 0.05) is 30.2 Å². The summed E-state index contributed by atoms with van der Waals surface area (Å²) in [5.74, 6) is 2.74. The van der Waals surface area contributed by atoms with Gasteiger partial charge >= 0.3 is 6.09 Å². The smallest absolute Gasteiger partial charge is 0.408 e. The maximum atomic E-state index is 13.7. The molecule has 2 bridgehead atoms. The van der Waals surface area contributed by atoms with Gasteiger partial charge in [-0.3, -0.25) is 4.79 Å². The number of carbonyl (C=O) groups excluding carboxylic acids is 1. The number of phenols is 1. The van der Waals surface area contributed by atoms with Crippen molar-refractivity contribution in [2.24, 2.45) is 5.92 Å². The zero-order chi connectivity index (χ0) is 44.1. The maximum Gasteiger partial charge on any atom is 0.408 e. The zero-order valence-electron chi connectivity index (χ0n) is 36.4. The van der Waals surface area contributed by atoms with E-state index in [0.717, 1.165) is 104 Å². The number of aromatic amines is 1. The number of quaternary nitrogens is 1. The van der Waals surface area contributed by atoms with Crippen molar-refractivity contribution >= 4 is 17.0 Å². The normalized spacial score (nSPS) is 18.8. The van der Waals surface area contributed by atoms with Crippen molar-refractivity contribution < 1.29 is 38.4 Å². The molecular weight excluding hydrogens is 807 g/mol. The maximum absolute atomic E-state index is 13.7. The number of para-hydroxylation sites is 1. The molecule has 9 rings (SSSR count). The van der Waals surface area contributed by atoms with Crippen molar-refractivity contribution in [2.45, 2.75) is 76.2 Å². The number of nitrogens with one attached hydrogen (secondary N) is 2. The molecule has 6 aromatic rings. The Labute approximate surface area is 375 Å². The van der Waals surface area contributed by atoms with Crippen LogP contribution in [0, 0.1) is 5.92 Å². The van der Waals surface area contributed by atoms with Crippen LogP contribution in [-0.4, -0.2) is 71.3 Å². The third-order valence-electron chi connectivity index (χ3n) is 12.9. The van der Waals surface area contributed by atoms with Crippen LogP contribution >= 0.6 is 0 Å². The number of nitrogens with zero attached hydrogens (tertiary/aromatic N) is 1. The number of aliphatic hydroxyl groups excluding tert-OH is 1. The Hall–Kier alpha value is -6.30. The van der Waals surface area contributed by atoms with Crippen molar-refractivity contribution in [1.82, 2.24) is 10.3 Å². The first-order chi connectivity index (χ1) is 31.3. The molecule has 0 saturated carbocycles. The molecule has 334 valence electrons. The Morgan fingerprint density at radius 3 is 2.22 bits per heavy atom. The van der Waals surface area contributed by atoms with E-state index in [9.17, 15) is 19.8 Å². The Kier molecular flexibility index (Phi) is 14.8. The number of ether oxygens (including phenoxy) is 4. The van der Waals surface area contributed by atoms with Crippen LogP contribution in [0.4, 0.5) is 4.79 Å². The SMILES string of the molecule is O=C(NC(c1ccccc1)c1cccc(OCc2cccc(OCCCCCCC[C@H](O)c3ccc(O)c4[nH]c(=O)ccc34)c2)c1)O[C@H]1C[N+]2(CCOc3ccccc3)CCC1CC2. The first-order valence-electron chi connectivity index (χ1n) is 22.8. The van der Waals surface area contributed by atoms with E-state index in [0.29, 0.717) is 54.4 Å². The van der Waals surface area contributed by atoms with Gasteiger partial charge in [-0.1, -0.05) is 105 Å². The fourth-order valence-corrected chi connectivity index (χ4v) is 9.38. The standard InChI is InChI=1S/C53H59N3O8/c57-47(45-23-25-48(58)52-46(45)24-26-50(59)54-52)22-10-2-1-3-11-32-61-43-20-12-14-38(34-43)37-63-44-21-13-17-41(35-44)51(40-15-6-4-7-16-40)55-53(60)64-49-36-56(29-27-39(49)28-30-56)31-33-62-42-18-8-5-9-19-42/h4-9,12-21,23-26,34-35,39,47,49,51,57H,1-3,10-11,22,27-33,36-37H2,(H2-,54,55,58,59,60)/p+1/t39?,47-,49-,51?,56?/m0/s1. The molecule has 4 N–H and O–H groups in total. The Balaban J connectivity index is 0.783. The summed E-state index contributed by atoms with van der Waals surface area (Å²) in [6.07, 6.45) is 6.27. The Morgan fingerprint density at radius 2 is 1.41 bits per heavy atom. The van der Waals surface area contributed by atoms with Gasteiger partial charge in [-0.25, -0.2) is 4.79 Å². The minimum absolute atomic E-state index is 0.00757. The number of alkyl carbamates (subject to hydrolysis) is 1. The molecule has 11 nitrogen and oxygen atoms in total. The van der Waals surface area contributed by atoms with Gasteiger partial charge in [-0.15, -0.1) is 0 Å². The number of rotatable bonds is 21. The number of phenolic OH excluding ortho intramolecular Hbond substituents is 1. The van der Waals surface area contributed by atoms with Gasteiger partial charge in [-0.05, 0) is 83.6 Å². The van der Waals surface area contributed by atoms with E-state index >= 15 is 0 Å². The van der Waals surface area contributed by atoms with E-state index in [-0.39, 0.29) is 17.4 Å². The number of aliphatic hydroxyl groups is 1. The van der Waals surface area contributed by atoms with Gasteiger partial charge in [0.2, 0.25) is 5.56 Å². The Morgan fingerprint density at radius 1 is 0.719 bits per heavy atom. The summed E-state index contributed by atoms with van der Waals surface area (Å²) in [6, 6.07) is 41.6. The number of hydrogen-bond acceptors (Lipinski definition) is 8. The summed E-state index contributed by atoms with van der Waals surface area (Å²) in [7, 11) is 0. The highest BCUT2D eigenvalue weighted by Gasteiger charge is 2.47. The fraction of sp³-hybridized carbons (Fsp3) is 0.358. The molecule has 3 atom stereocenters. The first-order valence-corrected chi connectivity index (χ1v) is 22.8. The molecule has 3 aliphatic heterocycles. The van der Waals surface area contributed by atoms with Crippen molar-refractivity contribution in [3.8, 4) is 23.0 Å². The molecule has 1 unspecified atom stereocenters. The highest BCUT2D eigenvalue weighted by Crippen LogP contribution is 2.36. The van der Waals surface area contributed by atoms with Gasteiger partial charge < -0.3 is 43.9 Å². The van der Waals surface area contributed by atoms with Crippen LogP contribution in [0.3, 0.4) is 0 Å². The molecule has 0 spiro atoms. The minimum Gasteiger partial charge on any atom is -0.506 e. The lowest BCUT2D eigenvalue weighted by atomic mass is 9.83. The lowest BCUT2D eigenvalue weighted by Crippen LogP contribution is -2.65. The molecule has 1 aromatic heterocycles. The molecule has 1 amide bonds. The van der Waals surface area contributed by atoms with E-state index in [2.05, 4.69) is 10.3 Å². The molecule has 4 heterocycles.